The van der Waals surface area contributed by atoms with E-state index in [1.54, 1.807) is 0 Å². The highest BCUT2D eigenvalue weighted by Gasteiger charge is 2.19. The first kappa shape index (κ1) is 56.9. The summed E-state index contributed by atoms with van der Waals surface area (Å²) in [6.45, 7) is 6.62. The Morgan fingerprint density at radius 2 is 0.559 bits per heavy atom. The quantitative estimate of drug-likeness (QED) is 0.0263. The summed E-state index contributed by atoms with van der Waals surface area (Å²) in [6, 6.07) is 0. The van der Waals surface area contributed by atoms with Gasteiger partial charge in [0.05, 0.1) is 0 Å². The van der Waals surface area contributed by atoms with E-state index in [0.717, 1.165) is 70.6 Å². The predicted molar refractivity (Wildman–Crippen MR) is 252 cm³/mol. The summed E-state index contributed by atoms with van der Waals surface area (Å²) in [5.41, 5.74) is 0. The van der Waals surface area contributed by atoms with Crippen molar-refractivity contribution in [3.8, 4) is 0 Å². The molecular formula is C53H98O6. The fourth-order valence-electron chi connectivity index (χ4n) is 7.49. The lowest BCUT2D eigenvalue weighted by molar-refractivity contribution is -0.167. The van der Waals surface area contributed by atoms with E-state index in [4.69, 9.17) is 14.2 Å². The average Bonchev–Trinajstić information content (AvgIpc) is 3.23. The molecule has 59 heavy (non-hydrogen) atoms. The molecule has 0 rings (SSSR count). The molecule has 0 N–H and O–H groups in total. The fourth-order valence-corrected chi connectivity index (χ4v) is 7.49. The van der Waals surface area contributed by atoms with Gasteiger partial charge in [0.1, 0.15) is 13.2 Å². The number of ether oxygens (including phenoxy) is 3. The highest BCUT2D eigenvalue weighted by Crippen LogP contribution is 2.15. The third-order valence-corrected chi connectivity index (χ3v) is 11.4. The molecular weight excluding hydrogens is 733 g/mol. The Hall–Kier alpha value is -2.11. The van der Waals surface area contributed by atoms with Crippen LogP contribution in [0.25, 0.3) is 0 Å². The number of hydrogen-bond donors (Lipinski definition) is 0. The summed E-state index contributed by atoms with van der Waals surface area (Å²) >= 11 is 0. The molecule has 0 amide bonds. The van der Waals surface area contributed by atoms with Crippen molar-refractivity contribution >= 4 is 17.9 Å². The van der Waals surface area contributed by atoms with Crippen molar-refractivity contribution in [2.24, 2.45) is 0 Å². The molecule has 0 radical (unpaired) electrons. The van der Waals surface area contributed by atoms with Crippen LogP contribution >= 0.6 is 0 Å². The fraction of sp³-hybridized carbons (Fsp3) is 0.868. The Kier molecular flexibility index (Phi) is 46.8. The number of hydrogen-bond acceptors (Lipinski definition) is 6. The van der Waals surface area contributed by atoms with E-state index < -0.39 is 6.10 Å². The molecule has 0 aliphatic carbocycles. The summed E-state index contributed by atoms with van der Waals surface area (Å²) in [5.74, 6) is -0.879. The molecule has 0 aliphatic heterocycles. The number of carbonyl (C=O) groups is 3. The molecule has 0 saturated carbocycles. The zero-order valence-electron chi connectivity index (χ0n) is 39.5. The number of esters is 3. The summed E-state index contributed by atoms with van der Waals surface area (Å²) in [5, 5.41) is 0. The smallest absolute Gasteiger partial charge is 0.306 e. The summed E-state index contributed by atoms with van der Waals surface area (Å²) in [6.07, 6.45) is 54.4. The Bertz CT molecular complexity index is 958. The summed E-state index contributed by atoms with van der Waals surface area (Å²) in [4.78, 5) is 37.9. The first-order valence-electron chi connectivity index (χ1n) is 25.8. The van der Waals surface area contributed by atoms with Gasteiger partial charge in [0.2, 0.25) is 0 Å². The topological polar surface area (TPSA) is 78.9 Å². The first-order chi connectivity index (χ1) is 29.0. The van der Waals surface area contributed by atoms with Gasteiger partial charge in [-0.2, -0.15) is 0 Å². The van der Waals surface area contributed by atoms with E-state index in [1.165, 1.54) is 167 Å². The maximum atomic E-state index is 12.8. The van der Waals surface area contributed by atoms with Crippen LogP contribution in [0, 0.1) is 0 Å². The van der Waals surface area contributed by atoms with Crippen LogP contribution in [-0.2, 0) is 28.6 Å². The minimum atomic E-state index is -0.773. The zero-order valence-corrected chi connectivity index (χ0v) is 39.5. The molecule has 0 unspecified atom stereocenters. The van der Waals surface area contributed by atoms with Crippen molar-refractivity contribution in [3.63, 3.8) is 0 Å². The molecule has 0 fully saturated rings. The highest BCUT2D eigenvalue weighted by molar-refractivity contribution is 5.71. The molecule has 0 heterocycles. The monoisotopic (exact) mass is 831 g/mol. The van der Waals surface area contributed by atoms with Gasteiger partial charge in [0, 0.05) is 19.3 Å². The molecule has 1 atom stereocenters. The van der Waals surface area contributed by atoms with Crippen LogP contribution in [0.15, 0.2) is 24.3 Å². The van der Waals surface area contributed by atoms with Crippen molar-refractivity contribution in [1.29, 1.82) is 0 Å². The van der Waals surface area contributed by atoms with Gasteiger partial charge in [-0.3, -0.25) is 14.4 Å². The SMILES string of the molecule is CCCCCC/C=C\CCCCCCCC(=O)O[C@@H](COC(=O)CCCCCCC/C=C\CCCCCCCC)COC(=O)CCCCCCCCCCCCCCC. The van der Waals surface area contributed by atoms with Gasteiger partial charge in [-0.25, -0.2) is 0 Å². The van der Waals surface area contributed by atoms with Crippen molar-refractivity contribution in [2.75, 3.05) is 13.2 Å². The maximum absolute atomic E-state index is 12.8. The lowest BCUT2D eigenvalue weighted by Gasteiger charge is -2.18. The average molecular weight is 831 g/mol. The molecule has 6 nitrogen and oxygen atoms in total. The third-order valence-electron chi connectivity index (χ3n) is 11.4. The lowest BCUT2D eigenvalue weighted by Crippen LogP contribution is -2.30. The second-order valence-corrected chi connectivity index (χ2v) is 17.4. The largest absolute Gasteiger partial charge is 0.462 e. The van der Waals surface area contributed by atoms with Gasteiger partial charge in [-0.05, 0) is 70.6 Å². The number of rotatable bonds is 47. The third kappa shape index (κ3) is 46.8. The molecule has 0 aromatic heterocycles. The van der Waals surface area contributed by atoms with Crippen molar-refractivity contribution < 1.29 is 28.6 Å². The Balaban J connectivity index is 4.36. The second-order valence-electron chi connectivity index (χ2n) is 17.4. The van der Waals surface area contributed by atoms with Gasteiger partial charge in [-0.1, -0.05) is 212 Å². The Morgan fingerprint density at radius 1 is 0.322 bits per heavy atom. The van der Waals surface area contributed by atoms with E-state index in [-0.39, 0.29) is 31.1 Å². The molecule has 0 aromatic carbocycles. The van der Waals surface area contributed by atoms with E-state index in [2.05, 4.69) is 45.1 Å². The maximum Gasteiger partial charge on any atom is 0.306 e. The van der Waals surface area contributed by atoms with Gasteiger partial charge in [0.25, 0.3) is 0 Å². The number of allylic oxidation sites excluding steroid dienone is 4. The van der Waals surface area contributed by atoms with Crippen molar-refractivity contribution in [3.05, 3.63) is 24.3 Å². The van der Waals surface area contributed by atoms with Crippen LogP contribution in [0.4, 0.5) is 0 Å². The molecule has 0 aliphatic rings. The zero-order chi connectivity index (χ0) is 43.0. The first-order valence-corrected chi connectivity index (χ1v) is 25.8. The molecule has 346 valence electrons. The molecule has 0 bridgehead atoms. The van der Waals surface area contributed by atoms with Crippen LogP contribution in [0.1, 0.15) is 278 Å². The van der Waals surface area contributed by atoms with Gasteiger partial charge in [-0.15, -0.1) is 0 Å². The molecule has 0 spiro atoms. The van der Waals surface area contributed by atoms with E-state index in [9.17, 15) is 14.4 Å². The highest BCUT2D eigenvalue weighted by atomic mass is 16.6. The van der Waals surface area contributed by atoms with Crippen LogP contribution < -0.4 is 0 Å². The predicted octanol–water partition coefficient (Wildman–Crippen LogP) is 16.8. The van der Waals surface area contributed by atoms with Gasteiger partial charge < -0.3 is 14.2 Å². The minimum absolute atomic E-state index is 0.0736. The van der Waals surface area contributed by atoms with Crippen molar-refractivity contribution in [2.45, 2.75) is 284 Å². The Labute approximate surface area is 366 Å². The van der Waals surface area contributed by atoms with Gasteiger partial charge in [0.15, 0.2) is 6.10 Å². The van der Waals surface area contributed by atoms with Crippen LogP contribution in [0.5, 0.6) is 0 Å². The Morgan fingerprint density at radius 3 is 0.864 bits per heavy atom. The standard InChI is InChI=1S/C53H98O6/c1-4-7-10-13-16-19-22-25-26-29-31-34-37-40-43-46-52(55)58-49-50(59-53(56)47-44-41-38-35-32-28-24-21-18-15-12-9-6-3)48-57-51(54)45-42-39-36-33-30-27-23-20-17-14-11-8-5-2/h21,24-26,50H,4-20,22-23,27-49H2,1-3H3/b24-21-,26-25-/t50-/m1/s1. The summed E-state index contributed by atoms with van der Waals surface area (Å²) in [7, 11) is 0. The van der Waals surface area contributed by atoms with E-state index >= 15 is 0 Å². The number of carbonyl (C=O) groups excluding carboxylic acids is 3. The normalized spacial score (nSPS) is 12.1. The van der Waals surface area contributed by atoms with Crippen molar-refractivity contribution in [1.82, 2.24) is 0 Å². The van der Waals surface area contributed by atoms with E-state index in [1.807, 2.05) is 0 Å². The van der Waals surface area contributed by atoms with E-state index in [0.29, 0.717) is 19.3 Å². The molecule has 0 aromatic rings. The summed E-state index contributed by atoms with van der Waals surface area (Å²) < 4.78 is 16.8. The van der Waals surface area contributed by atoms with Gasteiger partial charge >= 0.3 is 17.9 Å². The molecule has 6 heteroatoms. The minimum Gasteiger partial charge on any atom is -0.462 e. The van der Waals surface area contributed by atoms with Crippen LogP contribution in [-0.4, -0.2) is 37.2 Å². The lowest BCUT2D eigenvalue weighted by atomic mass is 10.0. The molecule has 0 saturated heterocycles. The number of unbranched alkanes of at least 4 members (excludes halogenated alkanes) is 32. The second kappa shape index (κ2) is 48.6. The van der Waals surface area contributed by atoms with Crippen LogP contribution in [0.3, 0.4) is 0 Å². The van der Waals surface area contributed by atoms with Crippen LogP contribution in [0.2, 0.25) is 0 Å².